The lowest BCUT2D eigenvalue weighted by Gasteiger charge is -2.20. The lowest BCUT2D eigenvalue weighted by molar-refractivity contribution is 0.0726. The number of carbonyl (C=O) groups excluding carboxylic acids is 1. The molecule has 2 rings (SSSR count). The van der Waals surface area contributed by atoms with Crippen molar-refractivity contribution >= 4 is 6.09 Å². The van der Waals surface area contributed by atoms with Gasteiger partial charge in [-0.2, -0.15) is 0 Å². The molecule has 0 aromatic heterocycles. The van der Waals surface area contributed by atoms with Crippen LogP contribution in [0.1, 0.15) is 20.3 Å². The maximum atomic E-state index is 11.5. The van der Waals surface area contributed by atoms with E-state index < -0.39 is 0 Å². The first-order valence-corrected chi connectivity index (χ1v) is 4.83. The van der Waals surface area contributed by atoms with Crippen molar-refractivity contribution in [1.29, 1.82) is 0 Å². The van der Waals surface area contributed by atoms with Crippen molar-refractivity contribution in [3.8, 4) is 0 Å². The third kappa shape index (κ3) is 1.39. The predicted octanol–water partition coefficient (Wildman–Crippen LogP) is 0.579. The van der Waals surface area contributed by atoms with E-state index in [4.69, 9.17) is 4.74 Å². The lowest BCUT2D eigenvalue weighted by atomic mass is 10.0. The number of amides is 1. The fraction of sp³-hybridized carbons (Fsp3) is 0.889. The summed E-state index contributed by atoms with van der Waals surface area (Å²) < 4.78 is 5.41. The van der Waals surface area contributed by atoms with Gasteiger partial charge in [0.1, 0.15) is 5.60 Å². The first kappa shape index (κ1) is 8.81. The van der Waals surface area contributed by atoms with E-state index in [0.29, 0.717) is 0 Å². The van der Waals surface area contributed by atoms with Gasteiger partial charge in [0.05, 0.1) is 6.54 Å². The van der Waals surface area contributed by atoms with Gasteiger partial charge in [-0.05, 0) is 20.4 Å². The third-order valence-electron chi connectivity index (χ3n) is 2.82. The number of carbonyl (C=O) groups is 1. The zero-order chi connectivity index (χ0) is 9.47. The minimum absolute atomic E-state index is 0.154. The Morgan fingerprint density at radius 2 is 2.38 bits per heavy atom. The van der Waals surface area contributed by atoms with Gasteiger partial charge in [0, 0.05) is 19.0 Å². The van der Waals surface area contributed by atoms with Crippen LogP contribution in [0.2, 0.25) is 0 Å². The predicted molar refractivity (Wildman–Crippen MR) is 48.5 cm³/mol. The zero-order valence-corrected chi connectivity index (χ0v) is 8.17. The molecule has 4 nitrogen and oxygen atoms in total. The third-order valence-corrected chi connectivity index (χ3v) is 2.82. The molecule has 2 heterocycles. The Bertz CT molecular complexity index is 222. The summed E-state index contributed by atoms with van der Waals surface area (Å²) in [6, 6.07) is 0.243. The normalized spacial score (nSPS) is 33.5. The molecule has 0 bridgehead atoms. The summed E-state index contributed by atoms with van der Waals surface area (Å²) in [5.41, 5.74) is -0.221. The maximum absolute atomic E-state index is 11.5. The molecule has 0 radical (unpaired) electrons. The molecule has 0 saturated carbocycles. The van der Waals surface area contributed by atoms with Crippen molar-refractivity contribution < 1.29 is 9.53 Å². The van der Waals surface area contributed by atoms with Gasteiger partial charge in [-0.15, -0.1) is 0 Å². The largest absolute Gasteiger partial charge is 0.439 e. The van der Waals surface area contributed by atoms with Crippen LogP contribution in [0, 0.1) is 0 Å². The van der Waals surface area contributed by atoms with Crippen LogP contribution in [0.4, 0.5) is 4.79 Å². The minimum atomic E-state index is -0.221. The summed E-state index contributed by atoms with van der Waals surface area (Å²) in [7, 11) is 0. The van der Waals surface area contributed by atoms with Crippen LogP contribution in [0.25, 0.3) is 0 Å². The van der Waals surface area contributed by atoms with Crippen molar-refractivity contribution in [2.75, 3.05) is 19.6 Å². The van der Waals surface area contributed by atoms with Crippen molar-refractivity contribution in [2.45, 2.75) is 31.9 Å². The standard InChI is InChI=1S/C9H16N2O2/c1-7(2)11-6-9(13-8(11)12)3-4-10-5-9/h7,10H,3-6H2,1-2H3. The van der Waals surface area contributed by atoms with Gasteiger partial charge in [-0.3, -0.25) is 0 Å². The maximum Gasteiger partial charge on any atom is 0.410 e. The highest BCUT2D eigenvalue weighted by Gasteiger charge is 2.47. The molecule has 1 unspecified atom stereocenters. The first-order valence-electron chi connectivity index (χ1n) is 4.83. The summed E-state index contributed by atoms with van der Waals surface area (Å²) >= 11 is 0. The molecule has 1 amide bonds. The van der Waals surface area contributed by atoms with Crippen LogP contribution in [0.3, 0.4) is 0 Å². The molecule has 74 valence electrons. The van der Waals surface area contributed by atoms with Crippen LogP contribution < -0.4 is 5.32 Å². The van der Waals surface area contributed by atoms with Crippen molar-refractivity contribution in [2.24, 2.45) is 0 Å². The number of hydrogen-bond donors (Lipinski definition) is 1. The van der Waals surface area contributed by atoms with Crippen LogP contribution in [0.15, 0.2) is 0 Å². The highest BCUT2D eigenvalue weighted by Crippen LogP contribution is 2.29. The molecule has 0 aromatic rings. The van der Waals surface area contributed by atoms with E-state index in [1.807, 2.05) is 13.8 Å². The van der Waals surface area contributed by atoms with Gasteiger partial charge >= 0.3 is 6.09 Å². The second-order valence-corrected chi connectivity index (χ2v) is 4.20. The van der Waals surface area contributed by atoms with Crippen LogP contribution in [-0.2, 0) is 4.74 Å². The molecule has 1 atom stereocenters. The Morgan fingerprint density at radius 1 is 1.62 bits per heavy atom. The Labute approximate surface area is 78.2 Å². The van der Waals surface area contributed by atoms with Crippen molar-refractivity contribution in [3.63, 3.8) is 0 Å². The molecule has 1 N–H and O–H groups in total. The Morgan fingerprint density at radius 3 is 2.85 bits per heavy atom. The molecule has 1 spiro atoms. The summed E-state index contributed by atoms with van der Waals surface area (Å²) in [5.74, 6) is 0. The van der Waals surface area contributed by atoms with Crippen molar-refractivity contribution in [1.82, 2.24) is 10.2 Å². The molecule has 2 fully saturated rings. The average Bonchev–Trinajstić information content (AvgIpc) is 2.60. The average molecular weight is 184 g/mol. The zero-order valence-electron chi connectivity index (χ0n) is 8.17. The highest BCUT2D eigenvalue weighted by molar-refractivity contribution is 5.71. The summed E-state index contributed by atoms with van der Waals surface area (Å²) in [6.45, 7) is 6.54. The van der Waals surface area contributed by atoms with Crippen LogP contribution in [0.5, 0.6) is 0 Å². The Balaban J connectivity index is 2.09. The summed E-state index contributed by atoms with van der Waals surface area (Å²) in [6.07, 6.45) is 0.792. The molecular formula is C9H16N2O2. The fourth-order valence-corrected chi connectivity index (χ4v) is 1.99. The van der Waals surface area contributed by atoms with Gasteiger partial charge < -0.3 is 15.0 Å². The molecule has 0 aromatic carbocycles. The Kier molecular flexibility index (Phi) is 1.95. The van der Waals surface area contributed by atoms with Gasteiger partial charge in [0.25, 0.3) is 0 Å². The summed E-state index contributed by atoms with van der Waals surface area (Å²) in [4.78, 5) is 13.3. The van der Waals surface area contributed by atoms with E-state index in [2.05, 4.69) is 5.32 Å². The number of hydrogen-bond acceptors (Lipinski definition) is 3. The second-order valence-electron chi connectivity index (χ2n) is 4.20. The molecule has 0 aliphatic carbocycles. The van der Waals surface area contributed by atoms with E-state index in [1.54, 1.807) is 4.90 Å². The van der Waals surface area contributed by atoms with Crippen molar-refractivity contribution in [3.05, 3.63) is 0 Å². The van der Waals surface area contributed by atoms with E-state index in [9.17, 15) is 4.79 Å². The fourth-order valence-electron chi connectivity index (χ4n) is 1.99. The second kappa shape index (κ2) is 2.87. The number of ether oxygens (including phenoxy) is 1. The summed E-state index contributed by atoms with van der Waals surface area (Å²) in [5, 5.41) is 3.23. The van der Waals surface area contributed by atoms with Gasteiger partial charge in [-0.1, -0.05) is 0 Å². The van der Waals surface area contributed by atoms with Crippen LogP contribution in [-0.4, -0.2) is 42.3 Å². The molecule has 13 heavy (non-hydrogen) atoms. The number of rotatable bonds is 1. The SMILES string of the molecule is CC(C)N1CC2(CCNC2)OC1=O. The van der Waals surface area contributed by atoms with Crippen LogP contribution >= 0.6 is 0 Å². The number of nitrogens with zero attached hydrogens (tertiary/aromatic N) is 1. The molecule has 2 aliphatic rings. The van der Waals surface area contributed by atoms with Gasteiger partial charge in [0.2, 0.25) is 0 Å². The van der Waals surface area contributed by atoms with Gasteiger partial charge in [0.15, 0.2) is 0 Å². The van der Waals surface area contributed by atoms with E-state index in [0.717, 1.165) is 26.1 Å². The topological polar surface area (TPSA) is 41.6 Å². The molecule has 2 saturated heterocycles. The number of nitrogens with one attached hydrogen (secondary N) is 1. The quantitative estimate of drug-likeness (QED) is 0.648. The minimum Gasteiger partial charge on any atom is -0.439 e. The van der Waals surface area contributed by atoms with E-state index >= 15 is 0 Å². The van der Waals surface area contributed by atoms with Gasteiger partial charge in [-0.25, -0.2) is 4.79 Å². The first-order chi connectivity index (χ1) is 6.13. The van der Waals surface area contributed by atoms with E-state index in [-0.39, 0.29) is 17.7 Å². The van der Waals surface area contributed by atoms with E-state index in [1.165, 1.54) is 0 Å². The lowest BCUT2D eigenvalue weighted by Crippen LogP contribution is -2.38. The molecule has 2 aliphatic heterocycles. The Hall–Kier alpha value is -0.770. The smallest absolute Gasteiger partial charge is 0.410 e. The monoisotopic (exact) mass is 184 g/mol. The highest BCUT2D eigenvalue weighted by atomic mass is 16.6. The molecular weight excluding hydrogens is 168 g/mol. The molecule has 4 heteroatoms.